The predicted octanol–water partition coefficient (Wildman–Crippen LogP) is 2.08. The van der Waals surface area contributed by atoms with Crippen molar-refractivity contribution in [3.05, 3.63) is 23.8 Å². The number of amides is 1. The highest BCUT2D eigenvalue weighted by atomic mass is 16.7. The lowest BCUT2D eigenvalue weighted by molar-refractivity contribution is -0.124. The van der Waals surface area contributed by atoms with Gasteiger partial charge in [0, 0.05) is 12.5 Å². The van der Waals surface area contributed by atoms with Gasteiger partial charge < -0.3 is 14.8 Å². The van der Waals surface area contributed by atoms with Crippen molar-refractivity contribution in [3.63, 3.8) is 0 Å². The molecule has 0 saturated carbocycles. The Morgan fingerprint density at radius 2 is 2.18 bits per heavy atom. The van der Waals surface area contributed by atoms with Crippen molar-refractivity contribution in [2.75, 3.05) is 6.79 Å². The van der Waals surface area contributed by atoms with Crippen molar-refractivity contribution in [1.82, 2.24) is 5.32 Å². The number of fused-ring (bicyclic) bond motifs is 1. The monoisotopic (exact) mass is 235 g/mol. The quantitative estimate of drug-likeness (QED) is 0.869. The Kier molecular flexibility index (Phi) is 3.52. The van der Waals surface area contributed by atoms with Crippen LogP contribution in [0.1, 0.15) is 25.8 Å². The molecule has 2 rings (SSSR count). The molecule has 1 aromatic rings. The van der Waals surface area contributed by atoms with Crippen LogP contribution in [-0.4, -0.2) is 12.7 Å². The van der Waals surface area contributed by atoms with Gasteiger partial charge in [0.15, 0.2) is 11.5 Å². The van der Waals surface area contributed by atoms with Crippen LogP contribution in [0.3, 0.4) is 0 Å². The SMILES string of the molecule is CCC(C)C(=O)NCc1ccc2c(c1)OCO2. The van der Waals surface area contributed by atoms with Gasteiger partial charge in [-0.1, -0.05) is 19.9 Å². The minimum Gasteiger partial charge on any atom is -0.454 e. The Bertz CT molecular complexity index is 417. The van der Waals surface area contributed by atoms with Crippen LogP contribution in [0.4, 0.5) is 0 Å². The maximum atomic E-state index is 11.6. The van der Waals surface area contributed by atoms with Gasteiger partial charge in [-0.15, -0.1) is 0 Å². The number of nitrogens with one attached hydrogen (secondary N) is 1. The molecule has 1 amide bonds. The standard InChI is InChI=1S/C13H17NO3/c1-3-9(2)13(15)14-7-10-4-5-11-12(6-10)17-8-16-11/h4-6,9H,3,7-8H2,1-2H3,(H,14,15). The van der Waals surface area contributed by atoms with Crippen LogP contribution in [0, 0.1) is 5.92 Å². The number of hydrogen-bond acceptors (Lipinski definition) is 3. The van der Waals surface area contributed by atoms with E-state index in [0.717, 1.165) is 23.5 Å². The highest BCUT2D eigenvalue weighted by molar-refractivity contribution is 5.78. The Morgan fingerprint density at radius 1 is 1.41 bits per heavy atom. The molecule has 0 aromatic heterocycles. The molecule has 1 atom stereocenters. The van der Waals surface area contributed by atoms with E-state index < -0.39 is 0 Å². The second-order valence-corrected chi connectivity index (χ2v) is 4.21. The summed E-state index contributed by atoms with van der Waals surface area (Å²) in [6.45, 7) is 4.73. The van der Waals surface area contributed by atoms with E-state index in [4.69, 9.17) is 9.47 Å². The highest BCUT2D eigenvalue weighted by Gasteiger charge is 2.14. The zero-order valence-corrected chi connectivity index (χ0v) is 10.2. The molecule has 1 aliphatic heterocycles. The summed E-state index contributed by atoms with van der Waals surface area (Å²) in [6, 6.07) is 5.71. The third-order valence-electron chi connectivity index (χ3n) is 2.96. The molecular formula is C13H17NO3. The summed E-state index contributed by atoms with van der Waals surface area (Å²) in [7, 11) is 0. The van der Waals surface area contributed by atoms with Crippen molar-refractivity contribution in [3.8, 4) is 11.5 Å². The van der Waals surface area contributed by atoms with Crippen LogP contribution in [-0.2, 0) is 11.3 Å². The molecule has 1 N–H and O–H groups in total. The zero-order chi connectivity index (χ0) is 12.3. The topological polar surface area (TPSA) is 47.6 Å². The normalized spacial score (nSPS) is 14.5. The summed E-state index contributed by atoms with van der Waals surface area (Å²) in [5.74, 6) is 1.66. The molecule has 17 heavy (non-hydrogen) atoms. The molecule has 1 unspecified atom stereocenters. The molecule has 4 nitrogen and oxygen atoms in total. The van der Waals surface area contributed by atoms with Gasteiger partial charge in [0.1, 0.15) is 0 Å². The number of ether oxygens (including phenoxy) is 2. The minimum atomic E-state index is 0.0593. The van der Waals surface area contributed by atoms with Crippen molar-refractivity contribution in [2.24, 2.45) is 5.92 Å². The van der Waals surface area contributed by atoms with Crippen LogP contribution in [0.2, 0.25) is 0 Å². The maximum absolute atomic E-state index is 11.6. The van der Waals surface area contributed by atoms with Crippen LogP contribution < -0.4 is 14.8 Å². The van der Waals surface area contributed by atoms with E-state index in [2.05, 4.69) is 5.32 Å². The first-order chi connectivity index (χ1) is 8.20. The average molecular weight is 235 g/mol. The van der Waals surface area contributed by atoms with E-state index in [1.807, 2.05) is 32.0 Å². The smallest absolute Gasteiger partial charge is 0.231 e. The van der Waals surface area contributed by atoms with Crippen LogP contribution in [0.25, 0.3) is 0 Å². The van der Waals surface area contributed by atoms with Gasteiger partial charge in [0.05, 0.1) is 0 Å². The molecule has 0 bridgehead atoms. The molecule has 0 radical (unpaired) electrons. The Morgan fingerprint density at radius 3 is 2.94 bits per heavy atom. The number of rotatable bonds is 4. The molecule has 0 spiro atoms. The number of carbonyl (C=O) groups excluding carboxylic acids is 1. The number of carbonyl (C=O) groups is 1. The first kappa shape index (κ1) is 11.8. The minimum absolute atomic E-state index is 0.0593. The van der Waals surface area contributed by atoms with Gasteiger partial charge in [-0.3, -0.25) is 4.79 Å². The van der Waals surface area contributed by atoms with Crippen molar-refractivity contribution >= 4 is 5.91 Å². The Balaban J connectivity index is 1.93. The first-order valence-electron chi connectivity index (χ1n) is 5.87. The average Bonchev–Trinajstić information content (AvgIpc) is 2.82. The predicted molar refractivity (Wildman–Crippen MR) is 63.9 cm³/mol. The van der Waals surface area contributed by atoms with E-state index in [-0.39, 0.29) is 18.6 Å². The molecule has 1 aliphatic rings. The fourth-order valence-corrected chi connectivity index (χ4v) is 1.60. The summed E-state index contributed by atoms with van der Waals surface area (Å²) in [4.78, 5) is 11.6. The van der Waals surface area contributed by atoms with Crippen LogP contribution in [0.5, 0.6) is 11.5 Å². The zero-order valence-electron chi connectivity index (χ0n) is 10.2. The Labute approximate surface area is 101 Å². The van der Waals surface area contributed by atoms with Gasteiger partial charge >= 0.3 is 0 Å². The van der Waals surface area contributed by atoms with Crippen LogP contribution in [0.15, 0.2) is 18.2 Å². The molecule has 0 aliphatic carbocycles. The molecule has 0 fully saturated rings. The second kappa shape index (κ2) is 5.08. The third kappa shape index (κ3) is 2.70. The lowest BCUT2D eigenvalue weighted by Gasteiger charge is -2.10. The fourth-order valence-electron chi connectivity index (χ4n) is 1.60. The van der Waals surface area contributed by atoms with E-state index >= 15 is 0 Å². The molecule has 1 heterocycles. The summed E-state index contributed by atoms with van der Waals surface area (Å²) < 4.78 is 10.5. The maximum Gasteiger partial charge on any atom is 0.231 e. The summed E-state index contributed by atoms with van der Waals surface area (Å²) >= 11 is 0. The molecular weight excluding hydrogens is 218 g/mol. The van der Waals surface area contributed by atoms with E-state index in [1.165, 1.54) is 0 Å². The third-order valence-corrected chi connectivity index (χ3v) is 2.96. The first-order valence-corrected chi connectivity index (χ1v) is 5.87. The molecule has 1 aromatic carbocycles. The van der Waals surface area contributed by atoms with Crippen molar-refractivity contribution < 1.29 is 14.3 Å². The lowest BCUT2D eigenvalue weighted by Crippen LogP contribution is -2.28. The summed E-state index contributed by atoms with van der Waals surface area (Å²) in [5, 5.41) is 2.91. The van der Waals surface area contributed by atoms with Gasteiger partial charge in [0.25, 0.3) is 0 Å². The van der Waals surface area contributed by atoms with E-state index in [0.29, 0.717) is 6.54 Å². The highest BCUT2D eigenvalue weighted by Crippen LogP contribution is 2.32. The van der Waals surface area contributed by atoms with Crippen molar-refractivity contribution in [2.45, 2.75) is 26.8 Å². The van der Waals surface area contributed by atoms with Gasteiger partial charge in [-0.25, -0.2) is 0 Å². The molecule has 4 heteroatoms. The summed E-state index contributed by atoms with van der Waals surface area (Å²) in [5.41, 5.74) is 1.02. The van der Waals surface area contributed by atoms with Crippen LogP contribution >= 0.6 is 0 Å². The van der Waals surface area contributed by atoms with E-state index in [9.17, 15) is 4.79 Å². The van der Waals surface area contributed by atoms with Gasteiger partial charge in [0.2, 0.25) is 12.7 Å². The lowest BCUT2D eigenvalue weighted by atomic mass is 10.1. The van der Waals surface area contributed by atoms with Gasteiger partial charge in [-0.2, -0.15) is 0 Å². The van der Waals surface area contributed by atoms with Gasteiger partial charge in [-0.05, 0) is 24.1 Å². The second-order valence-electron chi connectivity index (χ2n) is 4.21. The summed E-state index contributed by atoms with van der Waals surface area (Å²) in [6.07, 6.45) is 0.854. The largest absolute Gasteiger partial charge is 0.454 e. The van der Waals surface area contributed by atoms with E-state index in [1.54, 1.807) is 0 Å². The Hall–Kier alpha value is -1.71. The molecule has 0 saturated heterocycles. The fraction of sp³-hybridized carbons (Fsp3) is 0.462. The van der Waals surface area contributed by atoms with Crippen molar-refractivity contribution in [1.29, 1.82) is 0 Å². The number of hydrogen-bond donors (Lipinski definition) is 1. The number of benzene rings is 1. The molecule has 92 valence electrons.